The number of amides is 1. The van der Waals surface area contributed by atoms with Crippen LogP contribution in [0.3, 0.4) is 0 Å². The van der Waals surface area contributed by atoms with Crippen LogP contribution < -0.4 is 5.32 Å². The Morgan fingerprint density at radius 2 is 2.00 bits per heavy atom. The summed E-state index contributed by atoms with van der Waals surface area (Å²) in [5.41, 5.74) is 3.55. The predicted molar refractivity (Wildman–Crippen MR) is 94.7 cm³/mol. The first kappa shape index (κ1) is 16.3. The number of halogens is 1. The fourth-order valence-electron chi connectivity index (χ4n) is 2.53. The van der Waals surface area contributed by atoms with Gasteiger partial charge in [-0.25, -0.2) is 0 Å². The molecule has 0 unspecified atom stereocenters. The lowest BCUT2D eigenvalue weighted by Gasteiger charge is -2.06. The number of ketones is 1. The molecule has 0 fully saturated rings. The van der Waals surface area contributed by atoms with E-state index in [2.05, 4.69) is 5.32 Å². The molecule has 0 saturated heterocycles. The molecule has 0 atom stereocenters. The maximum atomic E-state index is 12.3. The van der Waals surface area contributed by atoms with E-state index in [-0.39, 0.29) is 18.1 Å². The van der Waals surface area contributed by atoms with Crippen LogP contribution in [-0.4, -0.2) is 11.7 Å². The predicted octanol–water partition coefficient (Wildman–Crippen LogP) is 4.78. The number of anilines is 1. The summed E-state index contributed by atoms with van der Waals surface area (Å²) in [5, 5.41) is 4.27. The van der Waals surface area contributed by atoms with Crippen molar-refractivity contribution in [2.45, 2.75) is 20.3 Å². The summed E-state index contributed by atoms with van der Waals surface area (Å²) in [5.74, 6) is -0.230. The first-order valence-electron chi connectivity index (χ1n) is 7.51. The maximum Gasteiger partial charge on any atom is 0.228 e. The molecule has 0 spiro atoms. The van der Waals surface area contributed by atoms with Gasteiger partial charge in [0.2, 0.25) is 5.91 Å². The van der Waals surface area contributed by atoms with Crippen LogP contribution in [0.4, 0.5) is 5.69 Å². The van der Waals surface area contributed by atoms with Gasteiger partial charge in [-0.05, 0) is 43.7 Å². The van der Waals surface area contributed by atoms with E-state index in [1.54, 1.807) is 30.5 Å². The zero-order chi connectivity index (χ0) is 17.3. The topological polar surface area (TPSA) is 59.3 Å². The average Bonchev–Trinajstić information content (AvgIpc) is 2.90. The fourth-order valence-corrected chi connectivity index (χ4v) is 2.70. The second kappa shape index (κ2) is 6.49. The van der Waals surface area contributed by atoms with Gasteiger partial charge >= 0.3 is 0 Å². The second-order valence-electron chi connectivity index (χ2n) is 5.72. The first-order chi connectivity index (χ1) is 11.4. The number of aryl methyl sites for hydroxylation is 1. The molecule has 0 radical (unpaired) electrons. The normalized spacial score (nSPS) is 10.8. The third-order valence-corrected chi connectivity index (χ3v) is 4.25. The second-order valence-corrected chi connectivity index (χ2v) is 6.13. The van der Waals surface area contributed by atoms with E-state index >= 15 is 0 Å². The zero-order valence-corrected chi connectivity index (χ0v) is 14.1. The van der Waals surface area contributed by atoms with Crippen molar-refractivity contribution < 1.29 is 14.0 Å². The molecular weight excluding hydrogens is 326 g/mol. The van der Waals surface area contributed by atoms with Crippen LogP contribution in [-0.2, 0) is 11.2 Å². The summed E-state index contributed by atoms with van der Waals surface area (Å²) >= 11 is 6.16. The van der Waals surface area contributed by atoms with Crippen LogP contribution in [0.5, 0.6) is 0 Å². The molecule has 5 heteroatoms. The van der Waals surface area contributed by atoms with Crippen LogP contribution in [0.25, 0.3) is 11.0 Å². The molecule has 0 saturated carbocycles. The summed E-state index contributed by atoms with van der Waals surface area (Å²) in [6.45, 7) is 3.39. The number of hydrogen-bond acceptors (Lipinski definition) is 3. The lowest BCUT2D eigenvalue weighted by atomic mass is 10.1. The van der Waals surface area contributed by atoms with Gasteiger partial charge in [-0.3, -0.25) is 9.59 Å². The Kier molecular flexibility index (Phi) is 4.40. The lowest BCUT2D eigenvalue weighted by molar-refractivity contribution is -0.115. The first-order valence-corrected chi connectivity index (χ1v) is 7.89. The van der Waals surface area contributed by atoms with Crippen molar-refractivity contribution in [3.05, 3.63) is 64.4 Å². The van der Waals surface area contributed by atoms with Crippen LogP contribution >= 0.6 is 11.6 Å². The summed E-state index contributed by atoms with van der Waals surface area (Å²) in [4.78, 5) is 23.7. The van der Waals surface area contributed by atoms with E-state index < -0.39 is 0 Å². The van der Waals surface area contributed by atoms with E-state index in [4.69, 9.17) is 16.0 Å². The van der Waals surface area contributed by atoms with E-state index in [1.165, 1.54) is 6.92 Å². The molecule has 4 nitrogen and oxygen atoms in total. The van der Waals surface area contributed by atoms with Gasteiger partial charge in [0.1, 0.15) is 5.58 Å². The number of carbonyl (C=O) groups is 2. The number of furan rings is 1. The van der Waals surface area contributed by atoms with Crippen LogP contribution in [0, 0.1) is 6.92 Å². The Balaban J connectivity index is 1.79. The Morgan fingerprint density at radius 3 is 2.75 bits per heavy atom. The summed E-state index contributed by atoms with van der Waals surface area (Å²) < 4.78 is 5.50. The highest BCUT2D eigenvalue weighted by Crippen LogP contribution is 2.28. The monoisotopic (exact) mass is 341 g/mol. The summed E-state index contributed by atoms with van der Waals surface area (Å²) in [6.07, 6.45) is 1.74. The van der Waals surface area contributed by atoms with Gasteiger partial charge in [0, 0.05) is 27.2 Å². The van der Waals surface area contributed by atoms with Crippen molar-refractivity contribution in [1.29, 1.82) is 0 Å². The smallest absolute Gasteiger partial charge is 0.228 e. The SMILES string of the molecule is CC(=O)c1cccc(NC(=O)Cc2coc3cc(C)c(Cl)cc23)c1. The molecule has 0 aliphatic heterocycles. The number of carbonyl (C=O) groups excluding carboxylic acids is 2. The van der Waals surface area contributed by atoms with Gasteiger partial charge in [0.05, 0.1) is 12.7 Å². The Hall–Kier alpha value is -2.59. The van der Waals surface area contributed by atoms with Crippen molar-refractivity contribution in [2.75, 3.05) is 5.32 Å². The molecule has 1 amide bonds. The highest BCUT2D eigenvalue weighted by atomic mass is 35.5. The van der Waals surface area contributed by atoms with E-state index in [0.29, 0.717) is 21.9 Å². The molecule has 0 bridgehead atoms. The van der Waals surface area contributed by atoms with Gasteiger partial charge < -0.3 is 9.73 Å². The van der Waals surface area contributed by atoms with Crippen LogP contribution in [0.15, 0.2) is 47.1 Å². The van der Waals surface area contributed by atoms with Crippen LogP contribution in [0.1, 0.15) is 28.4 Å². The lowest BCUT2D eigenvalue weighted by Crippen LogP contribution is -2.14. The number of hydrogen-bond donors (Lipinski definition) is 1. The highest BCUT2D eigenvalue weighted by molar-refractivity contribution is 6.32. The molecule has 3 rings (SSSR count). The summed E-state index contributed by atoms with van der Waals surface area (Å²) in [6, 6.07) is 10.5. The number of benzene rings is 2. The third-order valence-electron chi connectivity index (χ3n) is 3.84. The third kappa shape index (κ3) is 3.34. The highest BCUT2D eigenvalue weighted by Gasteiger charge is 2.13. The van der Waals surface area contributed by atoms with Gasteiger partial charge in [0.25, 0.3) is 0 Å². The average molecular weight is 342 g/mol. The van der Waals surface area contributed by atoms with Crippen molar-refractivity contribution >= 4 is 39.9 Å². The minimum atomic E-state index is -0.185. The van der Waals surface area contributed by atoms with E-state index in [9.17, 15) is 9.59 Å². The van der Waals surface area contributed by atoms with Crippen LogP contribution in [0.2, 0.25) is 5.02 Å². The van der Waals surface area contributed by atoms with Crippen molar-refractivity contribution in [3.63, 3.8) is 0 Å². The number of Topliss-reactive ketones (excluding diaryl/α,β-unsaturated/α-hetero) is 1. The van der Waals surface area contributed by atoms with E-state index in [0.717, 1.165) is 16.5 Å². The number of rotatable bonds is 4. The van der Waals surface area contributed by atoms with Crippen molar-refractivity contribution in [3.8, 4) is 0 Å². The molecular formula is C19H16ClNO3. The molecule has 2 aromatic carbocycles. The number of fused-ring (bicyclic) bond motifs is 1. The maximum absolute atomic E-state index is 12.3. The molecule has 122 valence electrons. The standard InChI is InChI=1S/C19H16ClNO3/c1-11-6-18-16(9-17(11)20)14(10-24-18)8-19(23)21-15-5-3-4-13(7-15)12(2)22/h3-7,9-10H,8H2,1-2H3,(H,21,23). The molecule has 0 aliphatic carbocycles. The van der Waals surface area contributed by atoms with Gasteiger partial charge in [-0.15, -0.1) is 0 Å². The zero-order valence-electron chi connectivity index (χ0n) is 13.4. The molecule has 0 aliphatic rings. The summed E-state index contributed by atoms with van der Waals surface area (Å²) in [7, 11) is 0. The molecule has 1 N–H and O–H groups in total. The van der Waals surface area contributed by atoms with Crippen molar-refractivity contribution in [1.82, 2.24) is 0 Å². The molecule has 24 heavy (non-hydrogen) atoms. The Labute approximate surface area is 144 Å². The van der Waals surface area contributed by atoms with Gasteiger partial charge in [0.15, 0.2) is 5.78 Å². The van der Waals surface area contributed by atoms with Crippen molar-refractivity contribution in [2.24, 2.45) is 0 Å². The minimum absolute atomic E-state index is 0.0445. The van der Waals surface area contributed by atoms with Gasteiger partial charge in [-0.2, -0.15) is 0 Å². The number of nitrogens with one attached hydrogen (secondary N) is 1. The molecule has 3 aromatic rings. The van der Waals surface area contributed by atoms with Gasteiger partial charge in [-0.1, -0.05) is 23.7 Å². The minimum Gasteiger partial charge on any atom is -0.464 e. The van der Waals surface area contributed by atoms with E-state index in [1.807, 2.05) is 19.1 Å². The Morgan fingerprint density at radius 1 is 1.21 bits per heavy atom. The Bertz CT molecular complexity index is 943. The molecule has 1 aromatic heterocycles. The fraction of sp³-hybridized carbons (Fsp3) is 0.158. The quantitative estimate of drug-likeness (QED) is 0.695. The molecule has 1 heterocycles. The largest absolute Gasteiger partial charge is 0.464 e.